The number of methoxy groups -OCH3 is 1. The molecule has 112 valence electrons. The number of ether oxygens (including phenoxy) is 1. The zero-order chi connectivity index (χ0) is 15.4. The number of aromatic nitrogens is 3. The Labute approximate surface area is 121 Å². The van der Waals surface area contributed by atoms with Gasteiger partial charge in [0.05, 0.1) is 12.8 Å². The van der Waals surface area contributed by atoms with Crippen LogP contribution in [0, 0.1) is 6.92 Å². The number of aryl methyl sites for hydroxylation is 2. The third-order valence-electron chi connectivity index (χ3n) is 3.07. The lowest BCUT2D eigenvalue weighted by Gasteiger charge is -2.05. The highest BCUT2D eigenvalue weighted by Crippen LogP contribution is 2.15. The van der Waals surface area contributed by atoms with Crippen molar-refractivity contribution in [1.82, 2.24) is 14.3 Å². The maximum absolute atomic E-state index is 12.3. The van der Waals surface area contributed by atoms with E-state index in [-0.39, 0.29) is 18.7 Å². The van der Waals surface area contributed by atoms with Crippen molar-refractivity contribution in [2.24, 2.45) is 0 Å². The fraction of sp³-hybridized carbons (Fsp3) is 0.357. The Morgan fingerprint density at radius 1 is 1.43 bits per heavy atom. The summed E-state index contributed by atoms with van der Waals surface area (Å²) in [7, 11) is 1.56. The molecular formula is C14H17N3O4. The Morgan fingerprint density at radius 2 is 2.19 bits per heavy atom. The minimum atomic E-state index is -0.882. The summed E-state index contributed by atoms with van der Waals surface area (Å²) >= 11 is 0. The molecule has 7 nitrogen and oxygen atoms in total. The molecule has 2 rings (SSSR count). The van der Waals surface area contributed by atoms with Crippen molar-refractivity contribution in [2.75, 3.05) is 7.11 Å². The Morgan fingerprint density at radius 3 is 2.86 bits per heavy atom. The topological polar surface area (TPSA) is 86.3 Å². The lowest BCUT2D eigenvalue weighted by atomic mass is 10.3. The van der Waals surface area contributed by atoms with E-state index in [1.807, 2.05) is 0 Å². The smallest absolute Gasteiger partial charge is 0.350 e. The molecule has 1 aromatic carbocycles. The molecule has 21 heavy (non-hydrogen) atoms. The standard InChI is InChI=1S/C14H17N3O4/c1-10-15-16(8-4-7-13(18)19)14(20)17(10)11-5-3-6-12(9-11)21-2/h3,5-6,9H,4,7-8H2,1-2H3,(H,18,19). The Hall–Kier alpha value is -2.57. The van der Waals surface area contributed by atoms with Crippen molar-refractivity contribution in [3.63, 3.8) is 0 Å². The normalized spacial score (nSPS) is 10.6. The van der Waals surface area contributed by atoms with Gasteiger partial charge in [0.2, 0.25) is 0 Å². The maximum atomic E-state index is 12.3. The second kappa shape index (κ2) is 6.25. The van der Waals surface area contributed by atoms with E-state index in [0.717, 1.165) is 0 Å². The predicted octanol–water partition coefficient (Wildman–Crippen LogP) is 1.22. The SMILES string of the molecule is COc1cccc(-n2c(C)nn(CCCC(=O)O)c2=O)c1. The van der Waals surface area contributed by atoms with E-state index in [1.54, 1.807) is 38.3 Å². The van der Waals surface area contributed by atoms with Crippen molar-refractivity contribution in [1.29, 1.82) is 0 Å². The van der Waals surface area contributed by atoms with Crippen LogP contribution < -0.4 is 10.4 Å². The molecule has 0 atom stereocenters. The van der Waals surface area contributed by atoms with Crippen molar-refractivity contribution >= 4 is 5.97 Å². The summed E-state index contributed by atoms with van der Waals surface area (Å²) in [6.07, 6.45) is 0.376. The number of nitrogens with zero attached hydrogens (tertiary/aromatic N) is 3. The van der Waals surface area contributed by atoms with Gasteiger partial charge in [-0.2, -0.15) is 5.10 Å². The summed E-state index contributed by atoms with van der Waals surface area (Å²) < 4.78 is 7.91. The highest BCUT2D eigenvalue weighted by molar-refractivity contribution is 5.66. The molecule has 0 radical (unpaired) electrons. The van der Waals surface area contributed by atoms with Crippen LogP contribution in [0.3, 0.4) is 0 Å². The zero-order valence-electron chi connectivity index (χ0n) is 11.9. The first-order valence-electron chi connectivity index (χ1n) is 6.55. The van der Waals surface area contributed by atoms with Crippen molar-refractivity contribution in [3.05, 3.63) is 40.6 Å². The molecule has 2 aromatic rings. The first-order valence-corrected chi connectivity index (χ1v) is 6.55. The molecule has 0 spiro atoms. The Bertz CT molecular complexity index is 702. The summed E-state index contributed by atoms with van der Waals surface area (Å²) in [4.78, 5) is 22.9. The lowest BCUT2D eigenvalue weighted by Crippen LogP contribution is -2.24. The molecule has 1 aromatic heterocycles. The minimum Gasteiger partial charge on any atom is -0.497 e. The Balaban J connectivity index is 2.30. The van der Waals surface area contributed by atoms with Gasteiger partial charge in [-0.25, -0.2) is 14.0 Å². The van der Waals surface area contributed by atoms with E-state index < -0.39 is 5.97 Å². The van der Waals surface area contributed by atoms with Gasteiger partial charge in [0.15, 0.2) is 0 Å². The predicted molar refractivity (Wildman–Crippen MR) is 76.0 cm³/mol. The van der Waals surface area contributed by atoms with Crippen LogP contribution in [0.4, 0.5) is 0 Å². The molecule has 1 heterocycles. The number of carbonyl (C=O) groups is 1. The summed E-state index contributed by atoms with van der Waals surface area (Å²) in [5, 5.41) is 12.8. The van der Waals surface area contributed by atoms with Crippen molar-refractivity contribution in [3.8, 4) is 11.4 Å². The monoisotopic (exact) mass is 291 g/mol. The van der Waals surface area contributed by atoms with Gasteiger partial charge in [-0.15, -0.1) is 0 Å². The van der Waals surface area contributed by atoms with Gasteiger partial charge < -0.3 is 9.84 Å². The van der Waals surface area contributed by atoms with Crippen LogP contribution in [0.5, 0.6) is 5.75 Å². The first-order chi connectivity index (χ1) is 10.0. The molecule has 0 bridgehead atoms. The van der Waals surface area contributed by atoms with Crippen LogP contribution in [0.2, 0.25) is 0 Å². The Kier molecular flexibility index (Phi) is 4.42. The molecule has 1 N–H and O–H groups in total. The van der Waals surface area contributed by atoms with Gasteiger partial charge in [0.25, 0.3) is 0 Å². The molecule has 0 aliphatic heterocycles. The molecule has 7 heteroatoms. The molecule has 0 fully saturated rings. The highest BCUT2D eigenvalue weighted by atomic mass is 16.5. The van der Waals surface area contributed by atoms with Gasteiger partial charge in [-0.3, -0.25) is 4.79 Å². The molecule has 0 amide bonds. The van der Waals surface area contributed by atoms with Crippen LogP contribution in [0.1, 0.15) is 18.7 Å². The third-order valence-corrected chi connectivity index (χ3v) is 3.07. The summed E-state index contributed by atoms with van der Waals surface area (Å²) in [5.41, 5.74) is 0.382. The lowest BCUT2D eigenvalue weighted by molar-refractivity contribution is -0.137. The van der Waals surface area contributed by atoms with Gasteiger partial charge >= 0.3 is 11.7 Å². The van der Waals surface area contributed by atoms with E-state index in [0.29, 0.717) is 23.7 Å². The molecule has 0 unspecified atom stereocenters. The number of benzene rings is 1. The number of aliphatic carboxylic acids is 1. The molecule has 0 aliphatic rings. The van der Waals surface area contributed by atoms with Gasteiger partial charge in [-0.05, 0) is 25.5 Å². The number of hydrogen-bond acceptors (Lipinski definition) is 4. The fourth-order valence-corrected chi connectivity index (χ4v) is 2.09. The first kappa shape index (κ1) is 14.8. The van der Waals surface area contributed by atoms with Crippen LogP contribution in [-0.2, 0) is 11.3 Å². The second-order valence-electron chi connectivity index (χ2n) is 4.59. The van der Waals surface area contributed by atoms with Crippen molar-refractivity contribution < 1.29 is 14.6 Å². The summed E-state index contributed by atoms with van der Waals surface area (Å²) in [6, 6.07) is 7.13. The van der Waals surface area contributed by atoms with Gasteiger partial charge in [-0.1, -0.05) is 6.07 Å². The van der Waals surface area contributed by atoms with E-state index in [2.05, 4.69) is 5.10 Å². The van der Waals surface area contributed by atoms with E-state index in [9.17, 15) is 9.59 Å². The number of hydrogen-bond donors (Lipinski definition) is 1. The molecule has 0 saturated heterocycles. The average Bonchev–Trinajstić information content (AvgIpc) is 2.73. The summed E-state index contributed by atoms with van der Waals surface area (Å²) in [6.45, 7) is 2.01. The summed E-state index contributed by atoms with van der Waals surface area (Å²) in [5.74, 6) is 0.313. The number of carboxylic acids is 1. The van der Waals surface area contributed by atoms with Gasteiger partial charge in [0.1, 0.15) is 11.6 Å². The molecular weight excluding hydrogens is 274 g/mol. The van der Waals surface area contributed by atoms with Crippen LogP contribution in [0.15, 0.2) is 29.1 Å². The second-order valence-corrected chi connectivity index (χ2v) is 4.59. The molecule has 0 saturated carbocycles. The zero-order valence-corrected chi connectivity index (χ0v) is 11.9. The average molecular weight is 291 g/mol. The van der Waals surface area contributed by atoms with Crippen LogP contribution in [-0.4, -0.2) is 32.5 Å². The van der Waals surface area contributed by atoms with E-state index in [1.165, 1.54) is 9.25 Å². The van der Waals surface area contributed by atoms with E-state index >= 15 is 0 Å². The molecule has 0 aliphatic carbocycles. The van der Waals surface area contributed by atoms with E-state index in [4.69, 9.17) is 9.84 Å². The minimum absolute atomic E-state index is 0.0114. The highest BCUT2D eigenvalue weighted by Gasteiger charge is 2.12. The largest absolute Gasteiger partial charge is 0.497 e. The van der Waals surface area contributed by atoms with Crippen LogP contribution >= 0.6 is 0 Å². The van der Waals surface area contributed by atoms with Crippen molar-refractivity contribution in [2.45, 2.75) is 26.3 Å². The quantitative estimate of drug-likeness (QED) is 0.864. The van der Waals surface area contributed by atoms with Crippen LogP contribution in [0.25, 0.3) is 5.69 Å². The number of carboxylic acid groups (broad SMARTS) is 1. The maximum Gasteiger partial charge on any atom is 0.350 e. The third kappa shape index (κ3) is 3.31. The fourth-order valence-electron chi connectivity index (χ4n) is 2.09. The number of rotatable bonds is 6. The van der Waals surface area contributed by atoms with Gasteiger partial charge in [0, 0.05) is 19.0 Å².